The summed E-state index contributed by atoms with van der Waals surface area (Å²) in [6.07, 6.45) is 2.50. The first-order valence-corrected chi connectivity index (χ1v) is 12.5. The van der Waals surface area contributed by atoms with Crippen molar-refractivity contribution >= 4 is 29.1 Å². The maximum absolute atomic E-state index is 12.6. The number of halogens is 1. The van der Waals surface area contributed by atoms with E-state index in [-0.39, 0.29) is 29.9 Å². The summed E-state index contributed by atoms with van der Waals surface area (Å²) in [6.45, 7) is 5.67. The van der Waals surface area contributed by atoms with Crippen LogP contribution in [0.25, 0.3) is 0 Å². The van der Waals surface area contributed by atoms with E-state index in [2.05, 4.69) is 105 Å². The van der Waals surface area contributed by atoms with E-state index in [1.54, 1.807) is 0 Å². The van der Waals surface area contributed by atoms with Crippen LogP contribution in [0.2, 0.25) is 0 Å². The fourth-order valence-corrected chi connectivity index (χ4v) is 8.43. The van der Waals surface area contributed by atoms with E-state index in [1.807, 2.05) is 4.90 Å². The first-order valence-electron chi connectivity index (χ1n) is 10.5. The predicted molar refractivity (Wildman–Crippen MR) is 127 cm³/mol. The summed E-state index contributed by atoms with van der Waals surface area (Å²) in [5, 5.41) is 4.15. The van der Waals surface area contributed by atoms with Gasteiger partial charge in [0.1, 0.15) is 23.2 Å². The van der Waals surface area contributed by atoms with E-state index >= 15 is 0 Å². The standard InChI is InChI=1S/C26H31NOP.HI/c1-3-27(4-2)26(28)21-14-22-29(23-15-8-5-9-16-23,24-17-10-6-11-18-24)25-19-12-7-13-20-25;/h5-13,15-20H,3-4,14,21-22H2,1-2H3;1H/q+1;/p-1. The van der Waals surface area contributed by atoms with Crippen molar-refractivity contribution in [1.82, 2.24) is 4.90 Å². The molecule has 0 bridgehead atoms. The third kappa shape index (κ3) is 5.50. The Bertz CT molecular complexity index is 786. The number of carbonyl (C=O) groups is 1. The second-order valence-electron chi connectivity index (χ2n) is 7.21. The Kier molecular flexibility index (Phi) is 10.0. The van der Waals surface area contributed by atoms with Gasteiger partial charge in [0.05, 0.1) is 6.16 Å². The monoisotopic (exact) mass is 531 g/mol. The van der Waals surface area contributed by atoms with Gasteiger partial charge in [0.25, 0.3) is 0 Å². The van der Waals surface area contributed by atoms with Crippen molar-refractivity contribution in [3.8, 4) is 0 Å². The quantitative estimate of drug-likeness (QED) is 0.304. The zero-order chi connectivity index (χ0) is 20.5. The van der Waals surface area contributed by atoms with Crippen LogP contribution in [-0.2, 0) is 4.79 Å². The summed E-state index contributed by atoms with van der Waals surface area (Å²) < 4.78 is 0. The van der Waals surface area contributed by atoms with E-state index < -0.39 is 7.26 Å². The SMILES string of the molecule is CCN(CC)C(=O)CCC[P+](c1ccccc1)(c1ccccc1)c1ccccc1.[I-]. The summed E-state index contributed by atoms with van der Waals surface area (Å²) in [5.41, 5.74) is 0. The summed E-state index contributed by atoms with van der Waals surface area (Å²) >= 11 is 0. The lowest BCUT2D eigenvalue weighted by atomic mass is 10.3. The number of hydrogen-bond donors (Lipinski definition) is 0. The van der Waals surface area contributed by atoms with Crippen LogP contribution in [0.15, 0.2) is 91.0 Å². The van der Waals surface area contributed by atoms with Gasteiger partial charge in [-0.3, -0.25) is 4.79 Å². The number of rotatable bonds is 9. The number of hydrogen-bond acceptors (Lipinski definition) is 1. The van der Waals surface area contributed by atoms with Gasteiger partial charge < -0.3 is 28.9 Å². The lowest BCUT2D eigenvalue weighted by Gasteiger charge is -2.28. The highest BCUT2D eigenvalue weighted by Gasteiger charge is 2.44. The Morgan fingerprint density at radius 3 is 1.40 bits per heavy atom. The number of benzene rings is 3. The molecule has 1 amide bonds. The van der Waals surface area contributed by atoms with Gasteiger partial charge in [-0.2, -0.15) is 0 Å². The van der Waals surface area contributed by atoms with Gasteiger partial charge in [-0.25, -0.2) is 0 Å². The van der Waals surface area contributed by atoms with E-state index in [4.69, 9.17) is 0 Å². The van der Waals surface area contributed by atoms with Crippen molar-refractivity contribution in [3.05, 3.63) is 91.0 Å². The normalized spacial score (nSPS) is 10.9. The van der Waals surface area contributed by atoms with E-state index in [1.165, 1.54) is 15.9 Å². The molecule has 0 saturated carbocycles. The van der Waals surface area contributed by atoms with Crippen LogP contribution in [0.5, 0.6) is 0 Å². The second kappa shape index (κ2) is 12.2. The highest BCUT2D eigenvalue weighted by molar-refractivity contribution is 7.95. The Morgan fingerprint density at radius 2 is 1.07 bits per heavy atom. The summed E-state index contributed by atoms with van der Waals surface area (Å²) in [5.74, 6) is 0.266. The minimum absolute atomic E-state index is 0. The predicted octanol–water partition coefficient (Wildman–Crippen LogP) is 1.63. The van der Waals surface area contributed by atoms with Gasteiger partial charge in [0.2, 0.25) is 5.91 Å². The minimum atomic E-state index is -1.83. The summed E-state index contributed by atoms with van der Waals surface area (Å²) in [6, 6.07) is 32.6. The van der Waals surface area contributed by atoms with Crippen molar-refractivity contribution in [2.24, 2.45) is 0 Å². The topological polar surface area (TPSA) is 20.3 Å². The van der Waals surface area contributed by atoms with Crippen LogP contribution in [0.3, 0.4) is 0 Å². The molecule has 0 aliphatic heterocycles. The van der Waals surface area contributed by atoms with Gasteiger partial charge in [-0.15, -0.1) is 0 Å². The van der Waals surface area contributed by atoms with Crippen molar-refractivity contribution in [2.75, 3.05) is 19.3 Å². The smallest absolute Gasteiger partial charge is 0.222 e. The number of carbonyl (C=O) groups excluding carboxylic acids is 1. The molecule has 158 valence electrons. The summed E-state index contributed by atoms with van der Waals surface area (Å²) in [7, 11) is -1.83. The molecule has 3 aromatic rings. The van der Waals surface area contributed by atoms with E-state index in [0.717, 1.165) is 25.7 Å². The number of nitrogens with zero attached hydrogens (tertiary/aromatic N) is 1. The highest BCUT2D eigenvalue weighted by Crippen LogP contribution is 2.55. The van der Waals surface area contributed by atoms with Gasteiger partial charge in [-0.05, 0) is 56.7 Å². The third-order valence-corrected chi connectivity index (χ3v) is 10.1. The van der Waals surface area contributed by atoms with Gasteiger partial charge >= 0.3 is 0 Å². The van der Waals surface area contributed by atoms with Crippen LogP contribution in [0.1, 0.15) is 26.7 Å². The number of amides is 1. The Morgan fingerprint density at radius 1 is 0.700 bits per heavy atom. The van der Waals surface area contributed by atoms with Crippen molar-refractivity contribution in [2.45, 2.75) is 26.7 Å². The molecule has 2 nitrogen and oxygen atoms in total. The average Bonchev–Trinajstić information content (AvgIpc) is 2.79. The van der Waals surface area contributed by atoms with Crippen molar-refractivity contribution in [1.29, 1.82) is 0 Å². The molecule has 0 aliphatic carbocycles. The molecule has 30 heavy (non-hydrogen) atoms. The molecule has 3 rings (SSSR count). The first kappa shape index (κ1) is 24.6. The Balaban J connectivity index is 0.00000320. The Labute approximate surface area is 199 Å². The molecule has 0 radical (unpaired) electrons. The fraction of sp³-hybridized carbons (Fsp3) is 0.269. The minimum Gasteiger partial charge on any atom is -1.00 e. The zero-order valence-electron chi connectivity index (χ0n) is 17.9. The van der Waals surface area contributed by atoms with E-state index in [9.17, 15) is 4.79 Å². The third-order valence-electron chi connectivity index (χ3n) is 5.59. The highest BCUT2D eigenvalue weighted by atomic mass is 127. The molecule has 0 atom stereocenters. The molecule has 0 heterocycles. The maximum Gasteiger partial charge on any atom is 0.222 e. The Hall–Kier alpha value is -1.71. The molecule has 0 aliphatic rings. The molecule has 3 aromatic carbocycles. The molecule has 0 unspecified atom stereocenters. The molecule has 4 heteroatoms. The van der Waals surface area contributed by atoms with Crippen molar-refractivity contribution in [3.63, 3.8) is 0 Å². The largest absolute Gasteiger partial charge is 1.00 e. The molecule has 0 N–H and O–H groups in total. The van der Waals surface area contributed by atoms with Crippen LogP contribution in [0, 0.1) is 0 Å². The molecule has 0 fully saturated rings. The van der Waals surface area contributed by atoms with Crippen molar-refractivity contribution < 1.29 is 28.8 Å². The maximum atomic E-state index is 12.6. The summed E-state index contributed by atoms with van der Waals surface area (Å²) in [4.78, 5) is 14.6. The van der Waals surface area contributed by atoms with Crippen LogP contribution in [-0.4, -0.2) is 30.1 Å². The fourth-order valence-electron chi connectivity index (χ4n) is 4.08. The molecule has 0 spiro atoms. The molecular weight excluding hydrogens is 500 g/mol. The second-order valence-corrected chi connectivity index (χ2v) is 10.8. The molecule has 0 saturated heterocycles. The van der Waals surface area contributed by atoms with E-state index in [0.29, 0.717) is 6.42 Å². The zero-order valence-corrected chi connectivity index (χ0v) is 20.9. The molecule has 0 aromatic heterocycles. The van der Waals surface area contributed by atoms with Crippen LogP contribution >= 0.6 is 7.26 Å². The van der Waals surface area contributed by atoms with Crippen LogP contribution < -0.4 is 39.9 Å². The van der Waals surface area contributed by atoms with Gasteiger partial charge in [0, 0.05) is 19.5 Å². The van der Waals surface area contributed by atoms with Crippen LogP contribution in [0.4, 0.5) is 0 Å². The van der Waals surface area contributed by atoms with Gasteiger partial charge in [0.15, 0.2) is 0 Å². The lowest BCUT2D eigenvalue weighted by Crippen LogP contribution is -3.00. The molecular formula is C26H31INOP. The lowest BCUT2D eigenvalue weighted by molar-refractivity contribution is -0.130. The average molecular weight is 531 g/mol. The van der Waals surface area contributed by atoms with Gasteiger partial charge in [-0.1, -0.05) is 54.6 Å². The first-order chi connectivity index (χ1) is 14.2.